The fourth-order valence-electron chi connectivity index (χ4n) is 6.71. The summed E-state index contributed by atoms with van der Waals surface area (Å²) in [5.74, 6) is -0.943. The first-order valence-corrected chi connectivity index (χ1v) is 25.0. The quantitative estimate of drug-likeness (QED) is 0.0200. The molecule has 0 heterocycles. The first kappa shape index (κ1) is 56.9. The van der Waals surface area contributed by atoms with Crippen molar-refractivity contribution in [3.05, 3.63) is 72.9 Å². The van der Waals surface area contributed by atoms with Gasteiger partial charge in [-0.2, -0.15) is 0 Å². The topological polar surface area (TPSA) is 78.9 Å². The Kier molecular flexibility index (Phi) is 46.0. The Bertz CT molecular complexity index is 1140. The van der Waals surface area contributed by atoms with Crippen LogP contribution in [0.1, 0.15) is 233 Å². The number of allylic oxidation sites excluding steroid dienone is 12. The third kappa shape index (κ3) is 45.9. The first-order chi connectivity index (χ1) is 29.5. The number of carbonyl (C=O) groups is 3. The second-order valence-electron chi connectivity index (χ2n) is 16.4. The van der Waals surface area contributed by atoms with E-state index in [-0.39, 0.29) is 31.1 Å². The van der Waals surface area contributed by atoms with Crippen molar-refractivity contribution in [2.75, 3.05) is 13.2 Å². The van der Waals surface area contributed by atoms with E-state index in [9.17, 15) is 14.4 Å². The van der Waals surface area contributed by atoms with E-state index < -0.39 is 6.10 Å². The number of carbonyl (C=O) groups excluding carboxylic acids is 3. The zero-order chi connectivity index (χ0) is 43.7. The van der Waals surface area contributed by atoms with Crippen LogP contribution >= 0.6 is 0 Å². The molecule has 344 valence electrons. The molecule has 0 rings (SSSR count). The van der Waals surface area contributed by atoms with Crippen LogP contribution in [0.2, 0.25) is 0 Å². The van der Waals surface area contributed by atoms with Crippen LogP contribution < -0.4 is 0 Å². The van der Waals surface area contributed by atoms with Gasteiger partial charge in [0.2, 0.25) is 0 Å². The average molecular weight is 837 g/mol. The van der Waals surface area contributed by atoms with Crippen molar-refractivity contribution in [3.63, 3.8) is 0 Å². The highest BCUT2D eigenvalue weighted by Crippen LogP contribution is 2.14. The molecule has 0 bridgehead atoms. The van der Waals surface area contributed by atoms with Crippen LogP contribution in [-0.2, 0) is 28.6 Å². The van der Waals surface area contributed by atoms with E-state index >= 15 is 0 Å². The van der Waals surface area contributed by atoms with Crippen LogP contribution in [0.4, 0.5) is 0 Å². The summed E-state index contributed by atoms with van der Waals surface area (Å²) in [4.78, 5) is 37.9. The molecule has 1 atom stereocenters. The van der Waals surface area contributed by atoms with Gasteiger partial charge < -0.3 is 14.2 Å². The van der Waals surface area contributed by atoms with Crippen LogP contribution in [0.5, 0.6) is 0 Å². The van der Waals surface area contributed by atoms with Crippen molar-refractivity contribution in [2.45, 2.75) is 239 Å². The fourth-order valence-corrected chi connectivity index (χ4v) is 6.71. The van der Waals surface area contributed by atoms with Crippen LogP contribution in [0.25, 0.3) is 0 Å². The van der Waals surface area contributed by atoms with E-state index in [1.807, 2.05) is 0 Å². The Hall–Kier alpha value is -3.15. The van der Waals surface area contributed by atoms with Crippen LogP contribution in [0, 0.1) is 0 Å². The maximum absolute atomic E-state index is 12.8. The molecule has 0 spiro atoms. The molecule has 0 amide bonds. The highest BCUT2D eigenvalue weighted by atomic mass is 16.6. The Morgan fingerprint density at radius 2 is 0.683 bits per heavy atom. The molecule has 0 fully saturated rings. The monoisotopic (exact) mass is 837 g/mol. The summed E-state index contributed by atoms with van der Waals surface area (Å²) in [6.45, 7) is 6.41. The fraction of sp³-hybridized carbons (Fsp3) is 0.722. The zero-order valence-electron chi connectivity index (χ0n) is 39.2. The summed E-state index contributed by atoms with van der Waals surface area (Å²) in [6.07, 6.45) is 60.3. The van der Waals surface area contributed by atoms with Crippen molar-refractivity contribution in [1.82, 2.24) is 0 Å². The van der Waals surface area contributed by atoms with Gasteiger partial charge in [-0.25, -0.2) is 0 Å². The molecule has 1 unspecified atom stereocenters. The number of unbranched alkanes of at least 4 members (excludes halogenated alkanes) is 24. The first-order valence-electron chi connectivity index (χ1n) is 25.0. The summed E-state index contributed by atoms with van der Waals surface area (Å²) in [5.41, 5.74) is 0. The van der Waals surface area contributed by atoms with Crippen molar-refractivity contribution in [2.24, 2.45) is 0 Å². The summed E-state index contributed by atoms with van der Waals surface area (Å²) in [6, 6.07) is 0. The van der Waals surface area contributed by atoms with Gasteiger partial charge in [-0.3, -0.25) is 14.4 Å². The van der Waals surface area contributed by atoms with Crippen molar-refractivity contribution in [3.8, 4) is 0 Å². The molecule has 0 N–H and O–H groups in total. The third-order valence-corrected chi connectivity index (χ3v) is 10.5. The van der Waals surface area contributed by atoms with E-state index in [0.717, 1.165) is 89.9 Å². The number of ether oxygens (including phenoxy) is 3. The second kappa shape index (κ2) is 48.5. The lowest BCUT2D eigenvalue weighted by molar-refractivity contribution is -0.167. The van der Waals surface area contributed by atoms with Crippen LogP contribution in [0.3, 0.4) is 0 Å². The minimum Gasteiger partial charge on any atom is -0.462 e. The number of hydrogen-bond acceptors (Lipinski definition) is 6. The molecule has 0 aromatic rings. The maximum Gasteiger partial charge on any atom is 0.306 e. The number of hydrogen-bond donors (Lipinski definition) is 0. The van der Waals surface area contributed by atoms with Gasteiger partial charge in [-0.15, -0.1) is 0 Å². The maximum atomic E-state index is 12.8. The summed E-state index contributed by atoms with van der Waals surface area (Å²) >= 11 is 0. The van der Waals surface area contributed by atoms with Crippen molar-refractivity contribution in [1.29, 1.82) is 0 Å². The smallest absolute Gasteiger partial charge is 0.306 e. The molecular formula is C54H92O6. The zero-order valence-corrected chi connectivity index (χ0v) is 39.2. The predicted octanol–water partition coefficient (Wildman–Crippen LogP) is 16.3. The van der Waals surface area contributed by atoms with Gasteiger partial charge in [0.1, 0.15) is 13.2 Å². The van der Waals surface area contributed by atoms with E-state index in [1.165, 1.54) is 103 Å². The summed E-state index contributed by atoms with van der Waals surface area (Å²) < 4.78 is 16.7. The molecule has 0 aliphatic rings. The van der Waals surface area contributed by atoms with E-state index in [0.29, 0.717) is 19.3 Å². The minimum absolute atomic E-state index is 0.0936. The van der Waals surface area contributed by atoms with E-state index in [2.05, 4.69) is 93.7 Å². The minimum atomic E-state index is -0.794. The largest absolute Gasteiger partial charge is 0.462 e. The lowest BCUT2D eigenvalue weighted by Crippen LogP contribution is -2.30. The molecule has 0 aromatic heterocycles. The normalized spacial score (nSPS) is 12.7. The Labute approximate surface area is 370 Å². The van der Waals surface area contributed by atoms with Gasteiger partial charge in [0.05, 0.1) is 0 Å². The van der Waals surface area contributed by atoms with E-state index in [4.69, 9.17) is 14.2 Å². The molecule has 0 saturated heterocycles. The summed E-state index contributed by atoms with van der Waals surface area (Å²) in [7, 11) is 0. The molecule has 6 heteroatoms. The lowest BCUT2D eigenvalue weighted by atomic mass is 10.1. The standard InChI is InChI=1S/C54H92O6/c1-4-7-10-13-16-19-22-24-26-28-29-32-35-38-41-44-47-53(56)59-50-51(49-58-52(55)46-43-40-37-34-31-21-18-15-12-9-6-3)60-54(57)48-45-42-39-36-33-30-27-25-23-20-17-14-11-8-5-2/h8,11,14-15,17-18,20-21,23,26,28,31,51H,4-7,9-10,12-13,16,19,22,24-25,27,29-30,32-50H2,1-3H3/b11-8-,17-14-,18-15-,23-20-,28-26-,31-21-. The number of esters is 3. The predicted molar refractivity (Wildman–Crippen MR) is 256 cm³/mol. The van der Waals surface area contributed by atoms with Crippen molar-refractivity contribution >= 4 is 17.9 Å². The highest BCUT2D eigenvalue weighted by Gasteiger charge is 2.19. The molecular weight excluding hydrogens is 745 g/mol. The van der Waals surface area contributed by atoms with Gasteiger partial charge in [0.25, 0.3) is 0 Å². The van der Waals surface area contributed by atoms with Crippen LogP contribution in [0.15, 0.2) is 72.9 Å². The number of rotatable bonds is 44. The lowest BCUT2D eigenvalue weighted by Gasteiger charge is -2.18. The SMILES string of the molecule is CC\C=C/C=C\C=C/CCCCCCCCCC(=O)OC(COC(=O)CCCCC/C=C\C=C/CCCC)COC(=O)CCCCCCC/C=C\CCCCCCCCC. The Morgan fingerprint density at radius 3 is 1.13 bits per heavy atom. The molecule has 0 saturated carbocycles. The van der Waals surface area contributed by atoms with Gasteiger partial charge in [0, 0.05) is 19.3 Å². The highest BCUT2D eigenvalue weighted by molar-refractivity contribution is 5.71. The molecule has 0 aliphatic carbocycles. The molecule has 60 heavy (non-hydrogen) atoms. The van der Waals surface area contributed by atoms with Crippen molar-refractivity contribution < 1.29 is 28.6 Å². The molecule has 0 aromatic carbocycles. The van der Waals surface area contributed by atoms with Gasteiger partial charge in [0.15, 0.2) is 6.10 Å². The molecule has 0 aliphatic heterocycles. The molecule has 6 nitrogen and oxygen atoms in total. The summed E-state index contributed by atoms with van der Waals surface area (Å²) in [5, 5.41) is 0. The average Bonchev–Trinajstić information content (AvgIpc) is 3.24. The second-order valence-corrected chi connectivity index (χ2v) is 16.4. The van der Waals surface area contributed by atoms with Gasteiger partial charge in [-0.05, 0) is 83.5 Å². The Balaban J connectivity index is 4.42. The van der Waals surface area contributed by atoms with Crippen LogP contribution in [-0.4, -0.2) is 37.2 Å². The Morgan fingerprint density at radius 1 is 0.350 bits per heavy atom. The van der Waals surface area contributed by atoms with E-state index in [1.54, 1.807) is 0 Å². The van der Waals surface area contributed by atoms with Gasteiger partial charge >= 0.3 is 17.9 Å². The van der Waals surface area contributed by atoms with Gasteiger partial charge in [-0.1, -0.05) is 203 Å². The third-order valence-electron chi connectivity index (χ3n) is 10.5. The molecule has 0 radical (unpaired) electrons.